The molecule has 1 aromatic rings. The Hall–Kier alpha value is -1.25. The van der Waals surface area contributed by atoms with Gasteiger partial charge in [0.25, 0.3) is 0 Å². The van der Waals surface area contributed by atoms with Crippen LogP contribution in [-0.4, -0.2) is 16.0 Å². The number of nitrogens with zero attached hydrogens (tertiary/aromatic N) is 2. The van der Waals surface area contributed by atoms with Crippen molar-refractivity contribution in [2.45, 2.75) is 58.8 Å². The molecule has 0 aromatic carbocycles. The first-order valence-corrected chi connectivity index (χ1v) is 7.09. The van der Waals surface area contributed by atoms with Crippen molar-refractivity contribution in [2.75, 3.05) is 0 Å². The lowest BCUT2D eigenvalue weighted by Crippen LogP contribution is -2.17. The van der Waals surface area contributed by atoms with Gasteiger partial charge < -0.3 is 0 Å². The molecule has 1 fully saturated rings. The largest absolute Gasteiger partial charge is 0.294 e. The molecule has 0 unspecified atom stereocenters. The van der Waals surface area contributed by atoms with Crippen LogP contribution < -0.4 is 0 Å². The van der Waals surface area contributed by atoms with E-state index in [1.54, 1.807) is 0 Å². The summed E-state index contributed by atoms with van der Waals surface area (Å²) in [7, 11) is 0. The number of aryl methyl sites for hydroxylation is 2. The van der Waals surface area contributed by atoms with E-state index < -0.39 is 0 Å². The van der Waals surface area contributed by atoms with Gasteiger partial charge in [-0.15, -0.1) is 0 Å². The van der Waals surface area contributed by atoms with E-state index in [1.165, 1.54) is 25.7 Å². The topological polar surface area (TPSA) is 42.9 Å². The Morgan fingerprint density at radius 2 is 1.89 bits per heavy atom. The molecule has 0 radical (unpaired) electrons. The summed E-state index contributed by atoms with van der Waals surface area (Å²) in [6, 6.07) is 1.92. The van der Waals surface area contributed by atoms with Crippen LogP contribution >= 0.6 is 0 Å². The minimum Gasteiger partial charge on any atom is -0.294 e. The Morgan fingerprint density at radius 3 is 2.50 bits per heavy atom. The molecule has 1 saturated carbocycles. The fourth-order valence-electron chi connectivity index (χ4n) is 2.75. The zero-order valence-corrected chi connectivity index (χ0v) is 11.4. The zero-order valence-electron chi connectivity index (χ0n) is 11.4. The quantitative estimate of drug-likeness (QED) is 0.605. The summed E-state index contributed by atoms with van der Waals surface area (Å²) < 4.78 is 0. The molecule has 1 aliphatic carbocycles. The van der Waals surface area contributed by atoms with Crippen LogP contribution in [0.5, 0.6) is 0 Å². The molecule has 98 valence electrons. The average Bonchev–Trinajstić information content (AvgIpc) is 2.66. The van der Waals surface area contributed by atoms with Crippen LogP contribution in [0.25, 0.3) is 0 Å². The van der Waals surface area contributed by atoms with E-state index in [4.69, 9.17) is 0 Å². The summed E-state index contributed by atoms with van der Waals surface area (Å²) in [6.07, 6.45) is 7.80. The predicted octanol–water partition coefficient (Wildman–Crippen LogP) is 3.50. The number of carbonyl (C=O) groups is 1. The van der Waals surface area contributed by atoms with Gasteiger partial charge in [-0.05, 0) is 32.3 Å². The molecule has 1 heterocycles. The second-order valence-corrected chi connectivity index (χ2v) is 5.25. The second-order valence-electron chi connectivity index (χ2n) is 5.25. The van der Waals surface area contributed by atoms with Gasteiger partial charge in [-0.1, -0.05) is 32.6 Å². The number of hydrogen-bond donors (Lipinski definition) is 0. The Labute approximate surface area is 109 Å². The van der Waals surface area contributed by atoms with Crippen LogP contribution in [0, 0.1) is 12.8 Å². The molecule has 3 heteroatoms. The minimum absolute atomic E-state index is 0.210. The average molecular weight is 246 g/mol. The number of carbonyl (C=O) groups excluding carboxylic acids is 1. The van der Waals surface area contributed by atoms with Crippen LogP contribution in [0.1, 0.15) is 67.2 Å². The van der Waals surface area contributed by atoms with Crippen LogP contribution in [0.15, 0.2) is 6.07 Å². The van der Waals surface area contributed by atoms with Crippen molar-refractivity contribution in [1.29, 1.82) is 0 Å². The summed E-state index contributed by atoms with van der Waals surface area (Å²) in [5, 5.41) is 8.22. The van der Waals surface area contributed by atoms with Crippen molar-refractivity contribution in [3.05, 3.63) is 23.0 Å². The molecule has 2 rings (SSSR count). The highest BCUT2D eigenvalue weighted by Gasteiger charge is 2.23. The van der Waals surface area contributed by atoms with E-state index >= 15 is 0 Å². The minimum atomic E-state index is 0.210. The van der Waals surface area contributed by atoms with Crippen LogP contribution in [0.2, 0.25) is 0 Å². The third-order valence-electron chi connectivity index (χ3n) is 3.82. The third kappa shape index (κ3) is 2.95. The van der Waals surface area contributed by atoms with E-state index in [0.29, 0.717) is 5.78 Å². The number of aromatic nitrogens is 2. The Morgan fingerprint density at radius 1 is 1.22 bits per heavy atom. The van der Waals surface area contributed by atoms with Crippen molar-refractivity contribution in [2.24, 2.45) is 5.92 Å². The predicted molar refractivity (Wildman–Crippen MR) is 71.7 cm³/mol. The van der Waals surface area contributed by atoms with E-state index in [2.05, 4.69) is 10.2 Å². The number of ketones is 1. The van der Waals surface area contributed by atoms with Gasteiger partial charge in [0.2, 0.25) is 0 Å². The normalized spacial score (nSPS) is 17.4. The molecule has 0 spiro atoms. The second kappa shape index (κ2) is 6.07. The van der Waals surface area contributed by atoms with Crippen LogP contribution in [-0.2, 0) is 6.42 Å². The molecule has 18 heavy (non-hydrogen) atoms. The molecule has 0 bridgehead atoms. The first-order chi connectivity index (χ1) is 8.72. The van der Waals surface area contributed by atoms with Gasteiger partial charge >= 0.3 is 0 Å². The first kappa shape index (κ1) is 13.2. The van der Waals surface area contributed by atoms with Gasteiger partial charge in [0.1, 0.15) is 0 Å². The summed E-state index contributed by atoms with van der Waals surface area (Å²) in [6.45, 7) is 3.93. The lowest BCUT2D eigenvalue weighted by molar-refractivity contribution is 0.0906. The Bertz CT molecular complexity index is 421. The smallest absolute Gasteiger partial charge is 0.167 e. The van der Waals surface area contributed by atoms with Crippen molar-refractivity contribution in [3.63, 3.8) is 0 Å². The molecular formula is C15H22N2O. The standard InChI is InChI=1S/C15H22N2O/c1-3-14-13(10-11(2)16-17-14)15(18)12-8-6-4-5-7-9-12/h10,12H,3-9H2,1-2H3. The Kier molecular flexibility index (Phi) is 4.45. The van der Waals surface area contributed by atoms with Crippen LogP contribution in [0.3, 0.4) is 0 Å². The molecule has 0 atom stereocenters. The van der Waals surface area contributed by atoms with Crippen molar-refractivity contribution in [1.82, 2.24) is 10.2 Å². The van der Waals surface area contributed by atoms with Crippen LogP contribution in [0.4, 0.5) is 0 Å². The molecule has 1 aliphatic rings. The van der Waals surface area contributed by atoms with E-state index in [0.717, 1.165) is 36.2 Å². The lowest BCUT2D eigenvalue weighted by Gasteiger charge is -2.14. The molecule has 0 saturated heterocycles. The van der Waals surface area contributed by atoms with Crippen molar-refractivity contribution < 1.29 is 4.79 Å². The third-order valence-corrected chi connectivity index (χ3v) is 3.82. The monoisotopic (exact) mass is 246 g/mol. The molecule has 0 N–H and O–H groups in total. The summed E-state index contributed by atoms with van der Waals surface area (Å²) in [4.78, 5) is 12.6. The van der Waals surface area contributed by atoms with Gasteiger partial charge in [0.15, 0.2) is 5.78 Å². The molecule has 1 aromatic heterocycles. The SMILES string of the molecule is CCc1nnc(C)cc1C(=O)C1CCCCCC1. The number of rotatable bonds is 3. The summed E-state index contributed by atoms with van der Waals surface area (Å²) in [5.41, 5.74) is 2.51. The maximum Gasteiger partial charge on any atom is 0.167 e. The fraction of sp³-hybridized carbons (Fsp3) is 0.667. The molecule has 3 nitrogen and oxygen atoms in total. The highest BCUT2D eigenvalue weighted by Crippen LogP contribution is 2.27. The van der Waals surface area contributed by atoms with E-state index in [9.17, 15) is 4.79 Å². The zero-order chi connectivity index (χ0) is 13.0. The maximum absolute atomic E-state index is 12.6. The highest BCUT2D eigenvalue weighted by molar-refractivity contribution is 5.98. The van der Waals surface area contributed by atoms with Gasteiger partial charge in [0, 0.05) is 11.5 Å². The first-order valence-electron chi connectivity index (χ1n) is 7.09. The van der Waals surface area contributed by atoms with Gasteiger partial charge in [-0.25, -0.2) is 0 Å². The molecule has 0 aliphatic heterocycles. The van der Waals surface area contributed by atoms with Gasteiger partial charge in [0.05, 0.1) is 11.4 Å². The summed E-state index contributed by atoms with van der Waals surface area (Å²) >= 11 is 0. The molecular weight excluding hydrogens is 224 g/mol. The fourth-order valence-corrected chi connectivity index (χ4v) is 2.75. The summed E-state index contributed by atoms with van der Waals surface area (Å²) in [5.74, 6) is 0.508. The lowest BCUT2D eigenvalue weighted by atomic mass is 9.90. The number of hydrogen-bond acceptors (Lipinski definition) is 3. The van der Waals surface area contributed by atoms with Gasteiger partial charge in [-0.2, -0.15) is 10.2 Å². The van der Waals surface area contributed by atoms with Crippen molar-refractivity contribution in [3.8, 4) is 0 Å². The van der Waals surface area contributed by atoms with Gasteiger partial charge in [-0.3, -0.25) is 4.79 Å². The Balaban J connectivity index is 2.23. The number of Topliss-reactive ketones (excluding diaryl/α,β-unsaturated/α-hetero) is 1. The highest BCUT2D eigenvalue weighted by atomic mass is 16.1. The van der Waals surface area contributed by atoms with E-state index in [1.807, 2.05) is 19.9 Å². The molecule has 0 amide bonds. The van der Waals surface area contributed by atoms with E-state index in [-0.39, 0.29) is 5.92 Å². The van der Waals surface area contributed by atoms with Crippen molar-refractivity contribution >= 4 is 5.78 Å². The maximum atomic E-state index is 12.6.